The van der Waals surface area contributed by atoms with Crippen LogP contribution in [0.1, 0.15) is 24.0 Å². The molecule has 5 heteroatoms. The molecule has 0 spiro atoms. The highest BCUT2D eigenvalue weighted by atomic mass is 32.1. The van der Waals surface area contributed by atoms with E-state index in [1.54, 1.807) is 17.7 Å². The Hall–Kier alpha value is -3.44. The Morgan fingerprint density at radius 1 is 0.818 bits per heavy atom. The van der Waals surface area contributed by atoms with E-state index >= 15 is 0 Å². The van der Waals surface area contributed by atoms with Crippen molar-refractivity contribution in [1.29, 1.82) is 0 Å². The SMILES string of the molecule is c1ccc2c(NCCNc3ncnc4scc(-c5ccc6c(c5)CCCC6)c34)cccc2c1. The number of nitrogens with zero attached hydrogens (tertiary/aromatic N) is 2. The number of fused-ring (bicyclic) bond motifs is 3. The molecule has 0 unspecified atom stereocenters. The number of nitrogens with one attached hydrogen (secondary N) is 2. The van der Waals surface area contributed by atoms with Gasteiger partial charge in [-0.25, -0.2) is 9.97 Å². The second kappa shape index (κ2) is 8.83. The second-order valence-electron chi connectivity index (χ2n) is 8.62. The number of aromatic nitrogens is 2. The number of hydrogen-bond acceptors (Lipinski definition) is 5. The fraction of sp³-hybridized carbons (Fsp3) is 0.214. The zero-order valence-electron chi connectivity index (χ0n) is 18.5. The van der Waals surface area contributed by atoms with E-state index in [1.165, 1.54) is 58.7 Å². The highest BCUT2D eigenvalue weighted by Gasteiger charge is 2.15. The van der Waals surface area contributed by atoms with Crippen LogP contribution in [0.15, 0.2) is 72.4 Å². The van der Waals surface area contributed by atoms with E-state index < -0.39 is 0 Å². The lowest BCUT2D eigenvalue weighted by molar-refractivity contribution is 0.686. The van der Waals surface area contributed by atoms with E-state index in [4.69, 9.17) is 0 Å². The number of aryl methyl sites for hydroxylation is 2. The summed E-state index contributed by atoms with van der Waals surface area (Å²) in [6.45, 7) is 1.58. The van der Waals surface area contributed by atoms with Crippen LogP contribution in [0.5, 0.6) is 0 Å². The van der Waals surface area contributed by atoms with Gasteiger partial charge >= 0.3 is 0 Å². The number of benzene rings is 3. The van der Waals surface area contributed by atoms with Crippen molar-refractivity contribution in [3.8, 4) is 11.1 Å². The van der Waals surface area contributed by atoms with Gasteiger partial charge in [-0.1, -0.05) is 54.6 Å². The fourth-order valence-corrected chi connectivity index (χ4v) is 5.80. The lowest BCUT2D eigenvalue weighted by Crippen LogP contribution is -2.14. The van der Waals surface area contributed by atoms with Crippen molar-refractivity contribution in [2.45, 2.75) is 25.7 Å². The van der Waals surface area contributed by atoms with Crippen molar-refractivity contribution in [3.05, 3.63) is 83.5 Å². The summed E-state index contributed by atoms with van der Waals surface area (Å²) >= 11 is 1.69. The second-order valence-corrected chi connectivity index (χ2v) is 9.48. The first kappa shape index (κ1) is 20.2. The van der Waals surface area contributed by atoms with Crippen LogP contribution in [-0.4, -0.2) is 23.1 Å². The minimum atomic E-state index is 0.773. The van der Waals surface area contributed by atoms with Crippen LogP contribution in [0, 0.1) is 0 Å². The van der Waals surface area contributed by atoms with Crippen LogP contribution in [0.4, 0.5) is 11.5 Å². The van der Waals surface area contributed by atoms with Gasteiger partial charge in [0.2, 0.25) is 0 Å². The van der Waals surface area contributed by atoms with E-state index in [0.29, 0.717) is 0 Å². The lowest BCUT2D eigenvalue weighted by Gasteiger charge is -2.16. The number of hydrogen-bond donors (Lipinski definition) is 2. The highest BCUT2D eigenvalue weighted by Crippen LogP contribution is 2.38. The van der Waals surface area contributed by atoms with Crippen molar-refractivity contribution >= 4 is 43.8 Å². The van der Waals surface area contributed by atoms with Crippen LogP contribution < -0.4 is 10.6 Å². The maximum absolute atomic E-state index is 4.60. The fourth-order valence-electron chi connectivity index (χ4n) is 4.88. The molecule has 0 saturated carbocycles. The van der Waals surface area contributed by atoms with Gasteiger partial charge in [0.25, 0.3) is 0 Å². The first-order valence-corrected chi connectivity index (χ1v) is 12.5. The normalized spacial score (nSPS) is 13.2. The summed E-state index contributed by atoms with van der Waals surface area (Å²) in [6, 6.07) is 21.8. The first-order valence-electron chi connectivity index (χ1n) is 11.7. The molecular weight excluding hydrogens is 424 g/mol. The maximum atomic E-state index is 4.60. The molecule has 33 heavy (non-hydrogen) atoms. The molecule has 0 aliphatic heterocycles. The summed E-state index contributed by atoms with van der Waals surface area (Å²) in [5.41, 5.74) is 6.68. The Morgan fingerprint density at radius 2 is 1.67 bits per heavy atom. The van der Waals surface area contributed by atoms with Crippen LogP contribution >= 0.6 is 11.3 Å². The lowest BCUT2D eigenvalue weighted by atomic mass is 9.89. The largest absolute Gasteiger partial charge is 0.383 e. The van der Waals surface area contributed by atoms with Gasteiger partial charge in [0.05, 0.1) is 5.39 Å². The zero-order valence-corrected chi connectivity index (χ0v) is 19.3. The average Bonchev–Trinajstić information content (AvgIpc) is 3.31. The van der Waals surface area contributed by atoms with Crippen LogP contribution in [0.25, 0.3) is 32.1 Å². The van der Waals surface area contributed by atoms with E-state index in [9.17, 15) is 0 Å². The Kier molecular flexibility index (Phi) is 5.40. The van der Waals surface area contributed by atoms with Crippen LogP contribution in [-0.2, 0) is 12.8 Å². The predicted molar refractivity (Wildman–Crippen MR) is 140 cm³/mol. The molecule has 2 aromatic heterocycles. The summed E-state index contributed by atoms with van der Waals surface area (Å²) < 4.78 is 0. The minimum absolute atomic E-state index is 0.773. The molecule has 2 N–H and O–H groups in total. The monoisotopic (exact) mass is 450 g/mol. The van der Waals surface area contributed by atoms with Crippen LogP contribution in [0.2, 0.25) is 0 Å². The zero-order chi connectivity index (χ0) is 22.0. The molecule has 0 fully saturated rings. The molecular formula is C28H26N4S. The number of anilines is 2. The number of thiophene rings is 1. The van der Waals surface area contributed by atoms with Gasteiger partial charge in [0.15, 0.2) is 0 Å². The van der Waals surface area contributed by atoms with Crippen molar-refractivity contribution in [1.82, 2.24) is 9.97 Å². The molecule has 0 saturated heterocycles. The van der Waals surface area contributed by atoms with Gasteiger partial charge in [0, 0.05) is 35.1 Å². The van der Waals surface area contributed by atoms with Crippen molar-refractivity contribution in [3.63, 3.8) is 0 Å². The smallest absolute Gasteiger partial charge is 0.138 e. The molecule has 164 valence electrons. The van der Waals surface area contributed by atoms with Crippen molar-refractivity contribution in [2.75, 3.05) is 23.7 Å². The molecule has 0 bridgehead atoms. The van der Waals surface area contributed by atoms with Crippen LogP contribution in [0.3, 0.4) is 0 Å². The van der Waals surface area contributed by atoms with Crippen molar-refractivity contribution < 1.29 is 0 Å². The molecule has 0 amide bonds. The summed E-state index contributed by atoms with van der Waals surface area (Å²) in [5, 5.41) is 13.0. The van der Waals surface area contributed by atoms with Gasteiger partial charge in [-0.3, -0.25) is 0 Å². The first-order chi connectivity index (χ1) is 16.4. The van der Waals surface area contributed by atoms with E-state index in [1.807, 2.05) is 0 Å². The Bertz CT molecular complexity index is 1430. The molecule has 4 nitrogen and oxygen atoms in total. The summed E-state index contributed by atoms with van der Waals surface area (Å²) in [7, 11) is 0. The molecule has 1 aliphatic rings. The summed E-state index contributed by atoms with van der Waals surface area (Å²) in [5.74, 6) is 0.911. The molecule has 3 aromatic carbocycles. The third-order valence-electron chi connectivity index (χ3n) is 6.55. The molecule has 5 aromatic rings. The van der Waals surface area contributed by atoms with Gasteiger partial charge in [-0.2, -0.15) is 0 Å². The molecule has 0 radical (unpaired) electrons. The predicted octanol–water partition coefficient (Wildman–Crippen LogP) is 6.91. The average molecular weight is 451 g/mol. The quantitative estimate of drug-likeness (QED) is 0.276. The molecule has 0 atom stereocenters. The summed E-state index contributed by atoms with van der Waals surface area (Å²) in [6.07, 6.45) is 6.66. The van der Waals surface area contributed by atoms with Crippen molar-refractivity contribution in [2.24, 2.45) is 0 Å². The maximum Gasteiger partial charge on any atom is 0.138 e. The third kappa shape index (κ3) is 3.93. The third-order valence-corrected chi connectivity index (χ3v) is 7.44. The molecule has 6 rings (SSSR count). The molecule has 2 heterocycles. The van der Waals surface area contributed by atoms with Gasteiger partial charge < -0.3 is 10.6 Å². The Balaban J connectivity index is 1.23. The molecule has 1 aliphatic carbocycles. The number of rotatable bonds is 6. The highest BCUT2D eigenvalue weighted by molar-refractivity contribution is 7.17. The van der Waals surface area contributed by atoms with E-state index in [-0.39, 0.29) is 0 Å². The van der Waals surface area contributed by atoms with Gasteiger partial charge in [-0.15, -0.1) is 11.3 Å². The Labute approximate surface area is 197 Å². The van der Waals surface area contributed by atoms with E-state index in [2.05, 4.69) is 86.6 Å². The van der Waals surface area contributed by atoms with Gasteiger partial charge in [0.1, 0.15) is 17.0 Å². The minimum Gasteiger partial charge on any atom is -0.383 e. The van der Waals surface area contributed by atoms with E-state index in [0.717, 1.165) is 34.8 Å². The standard InChI is InChI=1S/C28H26N4S/c1-2-8-21-16-22(13-12-19(21)6-1)24-17-33-28-26(24)27(31-18-32-28)30-15-14-29-25-11-5-9-20-7-3-4-10-23(20)25/h3-5,7,9-13,16-18,29H,1-2,6,8,14-15H2,(H,30,31,32). The summed E-state index contributed by atoms with van der Waals surface area (Å²) in [4.78, 5) is 10.2. The topological polar surface area (TPSA) is 49.8 Å². The Morgan fingerprint density at radius 3 is 2.64 bits per heavy atom. The van der Waals surface area contributed by atoms with Gasteiger partial charge in [-0.05, 0) is 53.8 Å².